The Hall–Kier alpha value is -3.48. The molecule has 2 aliphatic rings. The third-order valence-electron chi connectivity index (χ3n) is 6.03. The first kappa shape index (κ1) is 19.5. The number of nitrogens with zero attached hydrogens (tertiary/aromatic N) is 6. The van der Waals surface area contributed by atoms with Gasteiger partial charge in [-0.15, -0.1) is 0 Å². The van der Waals surface area contributed by atoms with Crippen molar-refractivity contribution in [1.29, 1.82) is 0 Å². The number of rotatable bonds is 4. The molecule has 7 nitrogen and oxygen atoms in total. The van der Waals surface area contributed by atoms with Crippen molar-refractivity contribution in [3.05, 3.63) is 72.6 Å². The number of hydrogen-bond donors (Lipinski definition) is 0. The van der Waals surface area contributed by atoms with Crippen LogP contribution >= 0.6 is 0 Å². The van der Waals surface area contributed by atoms with Crippen LogP contribution in [0.1, 0.15) is 41.7 Å². The fraction of sp³-hybridized carbons (Fsp3) is 0.333. The summed E-state index contributed by atoms with van der Waals surface area (Å²) in [5, 5.41) is 0. The lowest BCUT2D eigenvalue weighted by Crippen LogP contribution is -2.34. The second kappa shape index (κ2) is 8.71. The topological polar surface area (TPSA) is 67.2 Å². The minimum Gasteiger partial charge on any atom is -0.356 e. The van der Waals surface area contributed by atoms with Crippen LogP contribution < -0.4 is 4.90 Å². The van der Waals surface area contributed by atoms with Crippen molar-refractivity contribution in [1.82, 2.24) is 24.4 Å². The Morgan fingerprint density at radius 3 is 2.48 bits per heavy atom. The summed E-state index contributed by atoms with van der Waals surface area (Å²) < 4.78 is 1.80. The van der Waals surface area contributed by atoms with Crippen molar-refractivity contribution >= 4 is 17.3 Å². The molecule has 2 aliphatic heterocycles. The molecule has 0 radical (unpaired) electrons. The van der Waals surface area contributed by atoms with E-state index < -0.39 is 0 Å². The molecule has 5 rings (SSSR count). The molecule has 1 aromatic carbocycles. The van der Waals surface area contributed by atoms with Crippen LogP contribution in [0.3, 0.4) is 0 Å². The fourth-order valence-corrected chi connectivity index (χ4v) is 4.26. The van der Waals surface area contributed by atoms with E-state index in [9.17, 15) is 4.79 Å². The Bertz CT molecular complexity index is 1080. The van der Waals surface area contributed by atoms with Gasteiger partial charge in [0.25, 0.3) is 5.91 Å². The van der Waals surface area contributed by atoms with Gasteiger partial charge in [0.1, 0.15) is 30.0 Å². The number of piperidine rings is 1. The number of imidazole rings is 1. The number of aromatic nitrogens is 4. The summed E-state index contributed by atoms with van der Waals surface area (Å²) in [4.78, 5) is 30.3. The Kier molecular flexibility index (Phi) is 5.48. The Morgan fingerprint density at radius 1 is 0.903 bits per heavy atom. The van der Waals surface area contributed by atoms with Crippen molar-refractivity contribution in [3.63, 3.8) is 0 Å². The largest absolute Gasteiger partial charge is 0.356 e. The van der Waals surface area contributed by atoms with Gasteiger partial charge in [-0.25, -0.2) is 15.0 Å². The first-order valence-corrected chi connectivity index (χ1v) is 10.9. The van der Waals surface area contributed by atoms with Gasteiger partial charge < -0.3 is 9.80 Å². The molecule has 0 atom stereocenters. The second-order valence-corrected chi connectivity index (χ2v) is 8.04. The number of anilines is 1. The summed E-state index contributed by atoms with van der Waals surface area (Å²) in [5.74, 6) is 1.61. The second-order valence-electron chi connectivity index (χ2n) is 8.04. The van der Waals surface area contributed by atoms with Crippen LogP contribution in [-0.2, 0) is 0 Å². The standard InChI is InChI=1S/C24H26N6O/c31-24(29-13-9-20(10-14-29)19-7-3-1-4-8-19)21-16-30(18-27-21)23-15-22(25-17-26-23)28-11-5-2-6-12-28/h1,3-4,7-9,15-18H,2,5-6,10-14H2. The molecule has 0 aliphatic carbocycles. The van der Waals surface area contributed by atoms with E-state index in [0.29, 0.717) is 18.8 Å². The highest BCUT2D eigenvalue weighted by molar-refractivity contribution is 5.92. The molecular weight excluding hydrogens is 388 g/mol. The van der Waals surface area contributed by atoms with Crippen LogP contribution in [-0.4, -0.2) is 56.5 Å². The summed E-state index contributed by atoms with van der Waals surface area (Å²) in [6.07, 6.45) is 11.7. The molecule has 2 aromatic heterocycles. The lowest BCUT2D eigenvalue weighted by molar-refractivity contribution is 0.0767. The predicted octanol–water partition coefficient (Wildman–Crippen LogP) is 3.58. The number of carbonyl (C=O) groups excluding carboxylic acids is 1. The fourth-order valence-electron chi connectivity index (χ4n) is 4.26. The van der Waals surface area contributed by atoms with Crippen molar-refractivity contribution in [2.24, 2.45) is 0 Å². The summed E-state index contributed by atoms with van der Waals surface area (Å²) in [6.45, 7) is 3.34. The van der Waals surface area contributed by atoms with E-state index in [2.05, 4.69) is 38.1 Å². The van der Waals surface area contributed by atoms with E-state index in [-0.39, 0.29) is 5.91 Å². The van der Waals surface area contributed by atoms with Crippen LogP contribution in [0.25, 0.3) is 11.4 Å². The monoisotopic (exact) mass is 414 g/mol. The molecule has 1 saturated heterocycles. The minimum absolute atomic E-state index is 0.0487. The van der Waals surface area contributed by atoms with E-state index in [4.69, 9.17) is 0 Å². The molecule has 7 heteroatoms. The summed E-state index contributed by atoms with van der Waals surface area (Å²) in [5.41, 5.74) is 2.96. The summed E-state index contributed by atoms with van der Waals surface area (Å²) in [7, 11) is 0. The van der Waals surface area contributed by atoms with Crippen LogP contribution in [0.4, 0.5) is 5.82 Å². The van der Waals surface area contributed by atoms with Crippen LogP contribution in [0.5, 0.6) is 0 Å². The lowest BCUT2D eigenvalue weighted by Gasteiger charge is -2.27. The normalized spacial score (nSPS) is 16.8. The van der Waals surface area contributed by atoms with Crippen LogP contribution in [0, 0.1) is 0 Å². The SMILES string of the molecule is O=C(c1cn(-c2cc(N3CCCCC3)ncn2)cn1)N1CC=C(c2ccccc2)CC1. The molecule has 4 heterocycles. The van der Waals surface area contributed by atoms with Gasteiger partial charge in [-0.1, -0.05) is 36.4 Å². The molecule has 1 amide bonds. The zero-order valence-electron chi connectivity index (χ0n) is 17.5. The Labute approximate surface area is 182 Å². The molecule has 0 saturated carbocycles. The summed E-state index contributed by atoms with van der Waals surface area (Å²) in [6, 6.07) is 12.3. The maximum atomic E-state index is 13.0. The number of amides is 1. The zero-order valence-corrected chi connectivity index (χ0v) is 17.5. The van der Waals surface area contributed by atoms with Gasteiger partial charge in [0.15, 0.2) is 0 Å². The van der Waals surface area contributed by atoms with Gasteiger partial charge in [0, 0.05) is 38.4 Å². The van der Waals surface area contributed by atoms with Crippen LogP contribution in [0.15, 0.2) is 61.3 Å². The lowest BCUT2D eigenvalue weighted by atomic mass is 9.99. The van der Waals surface area contributed by atoms with Gasteiger partial charge >= 0.3 is 0 Å². The summed E-state index contributed by atoms with van der Waals surface area (Å²) >= 11 is 0. The van der Waals surface area contributed by atoms with E-state index in [1.165, 1.54) is 30.4 Å². The molecule has 31 heavy (non-hydrogen) atoms. The van der Waals surface area contributed by atoms with Gasteiger partial charge in [-0.3, -0.25) is 9.36 Å². The van der Waals surface area contributed by atoms with Gasteiger partial charge in [0.2, 0.25) is 0 Å². The maximum Gasteiger partial charge on any atom is 0.274 e. The van der Waals surface area contributed by atoms with Gasteiger partial charge in [0.05, 0.1) is 0 Å². The minimum atomic E-state index is -0.0487. The third-order valence-corrected chi connectivity index (χ3v) is 6.03. The molecule has 0 bridgehead atoms. The highest BCUT2D eigenvalue weighted by atomic mass is 16.2. The van der Waals surface area contributed by atoms with Crippen molar-refractivity contribution < 1.29 is 4.79 Å². The van der Waals surface area contributed by atoms with Crippen molar-refractivity contribution in [3.8, 4) is 5.82 Å². The highest BCUT2D eigenvalue weighted by Crippen LogP contribution is 2.23. The molecule has 158 valence electrons. The first-order valence-electron chi connectivity index (χ1n) is 10.9. The quantitative estimate of drug-likeness (QED) is 0.653. The number of carbonyl (C=O) groups is 1. The van der Waals surface area contributed by atoms with E-state index in [0.717, 1.165) is 31.1 Å². The predicted molar refractivity (Wildman–Crippen MR) is 120 cm³/mol. The average molecular weight is 415 g/mol. The van der Waals surface area contributed by atoms with E-state index in [1.807, 2.05) is 29.2 Å². The highest BCUT2D eigenvalue weighted by Gasteiger charge is 2.22. The molecule has 1 fully saturated rings. The average Bonchev–Trinajstić information content (AvgIpc) is 3.35. The maximum absolute atomic E-state index is 13.0. The van der Waals surface area contributed by atoms with Crippen LogP contribution in [0.2, 0.25) is 0 Å². The Balaban J connectivity index is 1.29. The third kappa shape index (κ3) is 4.21. The number of hydrogen-bond acceptors (Lipinski definition) is 5. The molecular formula is C24H26N6O. The van der Waals surface area contributed by atoms with Gasteiger partial charge in [-0.2, -0.15) is 0 Å². The first-order chi connectivity index (χ1) is 15.3. The number of benzene rings is 1. The molecule has 0 spiro atoms. The van der Waals surface area contributed by atoms with Crippen molar-refractivity contribution in [2.45, 2.75) is 25.7 Å². The van der Waals surface area contributed by atoms with E-state index in [1.54, 1.807) is 23.4 Å². The van der Waals surface area contributed by atoms with Crippen molar-refractivity contribution in [2.75, 3.05) is 31.1 Å². The van der Waals surface area contributed by atoms with Gasteiger partial charge in [-0.05, 0) is 36.8 Å². The smallest absolute Gasteiger partial charge is 0.274 e. The zero-order chi connectivity index (χ0) is 21.0. The molecule has 0 N–H and O–H groups in total. The molecule has 3 aromatic rings. The Morgan fingerprint density at radius 2 is 1.71 bits per heavy atom. The molecule has 0 unspecified atom stereocenters. The van der Waals surface area contributed by atoms with E-state index >= 15 is 0 Å².